The lowest BCUT2D eigenvalue weighted by molar-refractivity contribution is 0.0674. The van der Waals surface area contributed by atoms with Gasteiger partial charge in [0, 0.05) is 43.8 Å². The SMILES string of the molecule is CSc1cccc2sc(N3CCN(C(=O)c4cnn(C)c4)C(C)C3)nc12. The molecule has 1 saturated heterocycles. The number of fused-ring (bicyclic) bond motifs is 1. The number of hydrogen-bond acceptors (Lipinski definition) is 6. The Morgan fingerprint density at radius 1 is 1.35 bits per heavy atom. The van der Waals surface area contributed by atoms with Gasteiger partial charge in [-0.3, -0.25) is 9.48 Å². The number of thioether (sulfide) groups is 1. The Balaban J connectivity index is 1.52. The summed E-state index contributed by atoms with van der Waals surface area (Å²) in [6.45, 7) is 4.38. The number of amides is 1. The van der Waals surface area contributed by atoms with E-state index in [1.54, 1.807) is 40.2 Å². The van der Waals surface area contributed by atoms with Gasteiger partial charge in [0.2, 0.25) is 0 Å². The number of carbonyl (C=O) groups excluding carboxylic acids is 1. The average molecular weight is 388 g/mol. The Morgan fingerprint density at radius 2 is 2.19 bits per heavy atom. The summed E-state index contributed by atoms with van der Waals surface area (Å²) in [6.07, 6.45) is 5.50. The number of anilines is 1. The zero-order valence-electron chi connectivity index (χ0n) is 15.0. The third kappa shape index (κ3) is 3.07. The first-order valence-corrected chi connectivity index (χ1v) is 10.6. The first kappa shape index (κ1) is 17.4. The molecule has 4 rings (SSSR count). The molecule has 2 aromatic heterocycles. The minimum absolute atomic E-state index is 0.0548. The number of aromatic nitrogens is 3. The van der Waals surface area contributed by atoms with Crippen molar-refractivity contribution in [3.05, 3.63) is 36.2 Å². The van der Waals surface area contributed by atoms with Crippen LogP contribution >= 0.6 is 23.1 Å². The lowest BCUT2D eigenvalue weighted by Crippen LogP contribution is -2.54. The third-order valence-electron chi connectivity index (χ3n) is 4.70. The normalized spacial score (nSPS) is 17.9. The standard InChI is InChI=1S/C18H21N5OS2/c1-12-10-22(7-8-23(12)17(24)13-9-19-21(2)11-13)18-20-16-14(25-3)5-4-6-15(16)26-18/h4-6,9,11-12H,7-8,10H2,1-3H3. The molecule has 0 N–H and O–H groups in total. The van der Waals surface area contributed by atoms with Gasteiger partial charge in [0.15, 0.2) is 5.13 Å². The van der Waals surface area contributed by atoms with Crippen LogP contribution in [0.2, 0.25) is 0 Å². The van der Waals surface area contributed by atoms with Gasteiger partial charge in [-0.1, -0.05) is 17.4 Å². The highest BCUT2D eigenvalue weighted by Crippen LogP contribution is 2.34. The molecular formula is C18H21N5OS2. The predicted octanol–water partition coefficient (Wildman–Crippen LogP) is 3.10. The van der Waals surface area contributed by atoms with Crippen LogP contribution < -0.4 is 4.90 Å². The Labute approximate surface area is 160 Å². The van der Waals surface area contributed by atoms with E-state index in [4.69, 9.17) is 4.98 Å². The fourth-order valence-corrected chi connectivity index (χ4v) is 5.00. The minimum atomic E-state index is 0.0548. The molecular weight excluding hydrogens is 366 g/mol. The van der Waals surface area contributed by atoms with E-state index in [9.17, 15) is 4.79 Å². The second-order valence-electron chi connectivity index (χ2n) is 6.50. The molecule has 1 aliphatic heterocycles. The number of hydrogen-bond donors (Lipinski definition) is 0. The Kier molecular flexibility index (Phi) is 4.62. The van der Waals surface area contributed by atoms with E-state index >= 15 is 0 Å². The van der Waals surface area contributed by atoms with Crippen molar-refractivity contribution < 1.29 is 4.79 Å². The molecule has 1 aromatic carbocycles. The van der Waals surface area contributed by atoms with E-state index in [-0.39, 0.29) is 11.9 Å². The van der Waals surface area contributed by atoms with Gasteiger partial charge in [0.25, 0.3) is 5.91 Å². The summed E-state index contributed by atoms with van der Waals surface area (Å²) in [7, 11) is 1.83. The van der Waals surface area contributed by atoms with Crippen molar-refractivity contribution in [2.45, 2.75) is 17.9 Å². The molecule has 0 spiro atoms. The topological polar surface area (TPSA) is 54.3 Å². The smallest absolute Gasteiger partial charge is 0.257 e. The molecule has 8 heteroatoms. The number of rotatable bonds is 3. The van der Waals surface area contributed by atoms with Crippen LogP contribution in [0.5, 0.6) is 0 Å². The fourth-order valence-electron chi connectivity index (χ4n) is 3.34. The van der Waals surface area contributed by atoms with Crippen LogP contribution in [0.15, 0.2) is 35.5 Å². The van der Waals surface area contributed by atoms with Crippen molar-refractivity contribution in [1.29, 1.82) is 0 Å². The maximum Gasteiger partial charge on any atom is 0.257 e. The zero-order valence-corrected chi connectivity index (χ0v) is 16.7. The number of piperazine rings is 1. The first-order chi connectivity index (χ1) is 12.6. The summed E-state index contributed by atoms with van der Waals surface area (Å²) in [5.74, 6) is 0.0548. The number of benzene rings is 1. The fraction of sp³-hybridized carbons (Fsp3) is 0.389. The van der Waals surface area contributed by atoms with Crippen molar-refractivity contribution in [2.75, 3.05) is 30.8 Å². The predicted molar refractivity (Wildman–Crippen MR) is 107 cm³/mol. The van der Waals surface area contributed by atoms with Crippen LogP contribution in [0.1, 0.15) is 17.3 Å². The van der Waals surface area contributed by atoms with Crippen LogP contribution in [0.3, 0.4) is 0 Å². The second-order valence-corrected chi connectivity index (χ2v) is 8.36. The van der Waals surface area contributed by atoms with Crippen molar-refractivity contribution in [3.63, 3.8) is 0 Å². The van der Waals surface area contributed by atoms with E-state index in [0.717, 1.165) is 23.7 Å². The molecule has 6 nitrogen and oxygen atoms in total. The Morgan fingerprint density at radius 3 is 2.88 bits per heavy atom. The monoisotopic (exact) mass is 387 g/mol. The highest BCUT2D eigenvalue weighted by molar-refractivity contribution is 7.98. The summed E-state index contributed by atoms with van der Waals surface area (Å²) in [5.41, 5.74) is 1.74. The summed E-state index contributed by atoms with van der Waals surface area (Å²) in [6, 6.07) is 6.46. The van der Waals surface area contributed by atoms with Gasteiger partial charge in [-0.2, -0.15) is 5.10 Å². The number of aryl methyl sites for hydroxylation is 1. The minimum Gasteiger partial charge on any atom is -0.344 e. The van der Waals surface area contributed by atoms with E-state index in [1.807, 2.05) is 11.9 Å². The zero-order chi connectivity index (χ0) is 18.3. The summed E-state index contributed by atoms with van der Waals surface area (Å²) in [4.78, 5) is 23.1. The molecule has 0 saturated carbocycles. The van der Waals surface area contributed by atoms with Gasteiger partial charge in [-0.15, -0.1) is 11.8 Å². The van der Waals surface area contributed by atoms with Crippen LogP contribution in [0.4, 0.5) is 5.13 Å². The van der Waals surface area contributed by atoms with E-state index in [2.05, 4.69) is 41.4 Å². The highest BCUT2D eigenvalue weighted by Gasteiger charge is 2.30. The Hall–Kier alpha value is -2.06. The van der Waals surface area contributed by atoms with Crippen LogP contribution in [0.25, 0.3) is 10.2 Å². The van der Waals surface area contributed by atoms with Crippen LogP contribution in [0, 0.1) is 0 Å². The lowest BCUT2D eigenvalue weighted by atomic mass is 10.1. The molecule has 26 heavy (non-hydrogen) atoms. The quantitative estimate of drug-likeness (QED) is 0.647. The van der Waals surface area contributed by atoms with Crippen LogP contribution in [-0.2, 0) is 7.05 Å². The van der Waals surface area contributed by atoms with Gasteiger partial charge in [0.1, 0.15) is 0 Å². The number of nitrogens with zero attached hydrogens (tertiary/aromatic N) is 5. The van der Waals surface area contributed by atoms with Crippen LogP contribution in [-0.4, -0.2) is 57.5 Å². The second kappa shape index (κ2) is 6.92. The average Bonchev–Trinajstić information content (AvgIpc) is 3.27. The molecule has 0 radical (unpaired) electrons. The van der Waals surface area contributed by atoms with Gasteiger partial charge in [0.05, 0.1) is 22.0 Å². The summed E-state index contributed by atoms with van der Waals surface area (Å²) in [5, 5.41) is 5.15. The number of thiazole rings is 1. The summed E-state index contributed by atoms with van der Waals surface area (Å²) >= 11 is 3.46. The van der Waals surface area contributed by atoms with E-state index < -0.39 is 0 Å². The maximum atomic E-state index is 12.7. The molecule has 1 aliphatic rings. The van der Waals surface area contributed by atoms with Crippen molar-refractivity contribution >= 4 is 44.4 Å². The van der Waals surface area contributed by atoms with Gasteiger partial charge >= 0.3 is 0 Å². The third-order valence-corrected chi connectivity index (χ3v) is 6.55. The molecule has 1 amide bonds. The molecule has 1 atom stereocenters. The highest BCUT2D eigenvalue weighted by atomic mass is 32.2. The largest absolute Gasteiger partial charge is 0.344 e. The molecule has 136 valence electrons. The molecule has 3 aromatic rings. The molecule has 1 fully saturated rings. The van der Waals surface area contributed by atoms with E-state index in [1.165, 1.54) is 9.60 Å². The first-order valence-electron chi connectivity index (χ1n) is 8.55. The van der Waals surface area contributed by atoms with Crippen molar-refractivity contribution in [2.24, 2.45) is 7.05 Å². The molecule has 3 heterocycles. The lowest BCUT2D eigenvalue weighted by Gasteiger charge is -2.39. The van der Waals surface area contributed by atoms with E-state index in [0.29, 0.717) is 12.1 Å². The number of carbonyl (C=O) groups is 1. The van der Waals surface area contributed by atoms with Gasteiger partial charge < -0.3 is 9.80 Å². The molecule has 1 unspecified atom stereocenters. The number of para-hydroxylation sites is 1. The summed E-state index contributed by atoms with van der Waals surface area (Å²) < 4.78 is 2.88. The van der Waals surface area contributed by atoms with Gasteiger partial charge in [-0.25, -0.2) is 4.98 Å². The molecule has 0 bridgehead atoms. The maximum absolute atomic E-state index is 12.7. The van der Waals surface area contributed by atoms with Crippen molar-refractivity contribution in [3.8, 4) is 0 Å². The Bertz CT molecular complexity index is 950. The van der Waals surface area contributed by atoms with Gasteiger partial charge in [-0.05, 0) is 25.3 Å². The molecule has 0 aliphatic carbocycles. The van der Waals surface area contributed by atoms with Crippen molar-refractivity contribution in [1.82, 2.24) is 19.7 Å².